The number of imidazole rings is 1. The van der Waals surface area contributed by atoms with E-state index in [-0.39, 0.29) is 17.6 Å². The third-order valence-corrected chi connectivity index (χ3v) is 5.95. The molecule has 0 saturated carbocycles. The number of nitrogens with one attached hydrogen (secondary N) is 1. The zero-order chi connectivity index (χ0) is 19.9. The summed E-state index contributed by atoms with van der Waals surface area (Å²) in [6.07, 6.45) is 4.75. The van der Waals surface area contributed by atoms with E-state index in [1.807, 2.05) is 32.0 Å². The first-order valence-corrected chi connectivity index (χ1v) is 10.7. The van der Waals surface area contributed by atoms with Crippen LogP contribution in [-0.4, -0.2) is 26.8 Å². The quantitative estimate of drug-likeness (QED) is 0.472. The number of unbranched alkanes of at least 4 members (excludes halogenated alkanes) is 3. The highest BCUT2D eigenvalue weighted by Gasteiger charge is 2.30. The van der Waals surface area contributed by atoms with Crippen LogP contribution in [0.3, 0.4) is 0 Å². The number of benzene rings is 1. The lowest BCUT2D eigenvalue weighted by molar-refractivity contribution is -0.120. The predicted octanol–water partition coefficient (Wildman–Crippen LogP) is 4.76. The summed E-state index contributed by atoms with van der Waals surface area (Å²) >= 11 is 1.44. The second-order valence-electron chi connectivity index (χ2n) is 7.40. The Morgan fingerprint density at radius 1 is 1.33 bits per heavy atom. The third kappa shape index (κ3) is 5.49. The Morgan fingerprint density at radius 2 is 2.07 bits per heavy atom. The Balaban J connectivity index is 2.09. The SMILES string of the molecule is CCCCCCn1c(SCC(=O)NC(C)(C#N)C(C)C)nc2ccccc21. The predicted molar refractivity (Wildman–Crippen MR) is 112 cm³/mol. The monoisotopic (exact) mass is 386 g/mol. The fourth-order valence-corrected chi connectivity index (χ4v) is 3.67. The summed E-state index contributed by atoms with van der Waals surface area (Å²) in [6, 6.07) is 10.3. The van der Waals surface area contributed by atoms with Gasteiger partial charge in [0, 0.05) is 6.54 Å². The lowest BCUT2D eigenvalue weighted by Crippen LogP contribution is -2.49. The van der Waals surface area contributed by atoms with E-state index in [0.29, 0.717) is 0 Å². The van der Waals surface area contributed by atoms with Gasteiger partial charge in [0.25, 0.3) is 0 Å². The third-order valence-electron chi connectivity index (χ3n) is 4.97. The van der Waals surface area contributed by atoms with Gasteiger partial charge in [-0.3, -0.25) is 4.79 Å². The maximum absolute atomic E-state index is 12.4. The number of carbonyl (C=O) groups is 1. The van der Waals surface area contributed by atoms with E-state index in [2.05, 4.69) is 28.9 Å². The van der Waals surface area contributed by atoms with Crippen molar-refractivity contribution in [2.75, 3.05) is 5.75 Å². The van der Waals surface area contributed by atoms with Crippen LogP contribution in [0.15, 0.2) is 29.4 Å². The van der Waals surface area contributed by atoms with E-state index < -0.39 is 5.54 Å². The Morgan fingerprint density at radius 3 is 2.74 bits per heavy atom. The number of rotatable bonds is 10. The standard InChI is InChI=1S/C21H30N4OS/c1-5-6-7-10-13-25-18-12-9-8-11-17(18)23-20(25)27-14-19(26)24-21(4,15-22)16(2)3/h8-9,11-12,16H,5-7,10,13-14H2,1-4H3,(H,24,26). The molecule has 1 heterocycles. The van der Waals surface area contributed by atoms with Gasteiger partial charge in [-0.15, -0.1) is 0 Å². The van der Waals surface area contributed by atoms with Crippen LogP contribution in [0.1, 0.15) is 53.4 Å². The van der Waals surface area contributed by atoms with Crippen LogP contribution in [0.4, 0.5) is 0 Å². The van der Waals surface area contributed by atoms with Crippen molar-refractivity contribution in [3.8, 4) is 6.07 Å². The molecule has 0 aliphatic rings. The van der Waals surface area contributed by atoms with Gasteiger partial charge in [0.05, 0.1) is 22.9 Å². The molecule has 27 heavy (non-hydrogen) atoms. The van der Waals surface area contributed by atoms with Gasteiger partial charge in [0.2, 0.25) is 5.91 Å². The summed E-state index contributed by atoms with van der Waals surface area (Å²) in [4.78, 5) is 17.1. The fourth-order valence-electron chi connectivity index (χ4n) is 2.83. The molecule has 0 bridgehead atoms. The average molecular weight is 387 g/mol. The lowest BCUT2D eigenvalue weighted by atomic mass is 9.90. The number of nitriles is 1. The molecule has 1 unspecified atom stereocenters. The summed E-state index contributed by atoms with van der Waals surface area (Å²) in [5.41, 5.74) is 1.22. The molecule has 146 valence electrons. The topological polar surface area (TPSA) is 70.7 Å². The van der Waals surface area contributed by atoms with Crippen molar-refractivity contribution < 1.29 is 4.79 Å². The molecule has 6 heteroatoms. The number of aryl methyl sites for hydroxylation is 1. The van der Waals surface area contributed by atoms with Crippen molar-refractivity contribution in [2.45, 2.75) is 70.6 Å². The molecule has 5 nitrogen and oxygen atoms in total. The van der Waals surface area contributed by atoms with Gasteiger partial charge in [-0.25, -0.2) is 4.98 Å². The van der Waals surface area contributed by atoms with Crippen LogP contribution in [0.5, 0.6) is 0 Å². The van der Waals surface area contributed by atoms with Gasteiger partial charge in [-0.05, 0) is 31.4 Å². The Labute approximate surface area is 166 Å². The van der Waals surface area contributed by atoms with Crippen molar-refractivity contribution >= 4 is 28.7 Å². The van der Waals surface area contributed by atoms with E-state index in [9.17, 15) is 10.1 Å². The minimum absolute atomic E-state index is 0.0413. The molecule has 1 N–H and O–H groups in total. The minimum Gasteiger partial charge on any atom is -0.337 e. The van der Waals surface area contributed by atoms with Crippen LogP contribution in [0, 0.1) is 17.2 Å². The zero-order valence-electron chi connectivity index (χ0n) is 16.8. The van der Waals surface area contributed by atoms with E-state index in [1.54, 1.807) is 6.92 Å². The number of hydrogen-bond acceptors (Lipinski definition) is 4. The van der Waals surface area contributed by atoms with Gasteiger partial charge in [0.1, 0.15) is 5.54 Å². The smallest absolute Gasteiger partial charge is 0.231 e. The molecule has 2 rings (SSSR count). The lowest BCUT2D eigenvalue weighted by Gasteiger charge is -2.27. The molecule has 0 aliphatic heterocycles. The van der Waals surface area contributed by atoms with Crippen LogP contribution < -0.4 is 5.32 Å². The molecule has 2 aromatic rings. The number of para-hydroxylation sites is 2. The number of hydrogen-bond donors (Lipinski definition) is 1. The van der Waals surface area contributed by atoms with Gasteiger partial charge in [-0.2, -0.15) is 5.26 Å². The van der Waals surface area contributed by atoms with Crippen molar-refractivity contribution in [3.05, 3.63) is 24.3 Å². The molecule has 0 saturated heterocycles. The largest absolute Gasteiger partial charge is 0.337 e. The molecule has 0 spiro atoms. The van der Waals surface area contributed by atoms with E-state index >= 15 is 0 Å². The van der Waals surface area contributed by atoms with Crippen molar-refractivity contribution in [3.63, 3.8) is 0 Å². The van der Waals surface area contributed by atoms with Gasteiger partial charge in [-0.1, -0.05) is 63.9 Å². The second kappa shape index (κ2) is 9.80. The number of carbonyl (C=O) groups excluding carboxylic acids is 1. The maximum atomic E-state index is 12.4. The van der Waals surface area contributed by atoms with Crippen LogP contribution in [0.25, 0.3) is 11.0 Å². The number of thioether (sulfide) groups is 1. The Hall–Kier alpha value is -2.00. The molecule has 1 aromatic heterocycles. The first-order valence-electron chi connectivity index (χ1n) is 9.71. The van der Waals surface area contributed by atoms with Crippen LogP contribution in [0.2, 0.25) is 0 Å². The molecule has 0 aliphatic carbocycles. The summed E-state index contributed by atoms with van der Waals surface area (Å²) in [5.74, 6) is 0.157. The summed E-state index contributed by atoms with van der Waals surface area (Å²) in [7, 11) is 0. The molecule has 1 atom stereocenters. The van der Waals surface area contributed by atoms with E-state index in [0.717, 1.165) is 29.2 Å². The summed E-state index contributed by atoms with van der Waals surface area (Å²) in [5, 5.41) is 13.1. The van der Waals surface area contributed by atoms with Crippen LogP contribution in [-0.2, 0) is 11.3 Å². The van der Waals surface area contributed by atoms with E-state index in [4.69, 9.17) is 4.98 Å². The van der Waals surface area contributed by atoms with Gasteiger partial charge < -0.3 is 9.88 Å². The highest BCUT2D eigenvalue weighted by molar-refractivity contribution is 7.99. The Kier molecular flexibility index (Phi) is 7.73. The molecule has 0 radical (unpaired) electrons. The fraction of sp³-hybridized carbons (Fsp3) is 0.571. The van der Waals surface area contributed by atoms with Gasteiger partial charge >= 0.3 is 0 Å². The number of amides is 1. The average Bonchev–Trinajstić information content (AvgIpc) is 3.01. The molecular weight excluding hydrogens is 356 g/mol. The van der Waals surface area contributed by atoms with Gasteiger partial charge in [0.15, 0.2) is 5.16 Å². The number of aromatic nitrogens is 2. The van der Waals surface area contributed by atoms with Crippen LogP contribution >= 0.6 is 11.8 Å². The van der Waals surface area contributed by atoms with Crippen molar-refractivity contribution in [1.82, 2.24) is 14.9 Å². The molecule has 0 fully saturated rings. The Bertz CT molecular complexity index is 808. The van der Waals surface area contributed by atoms with E-state index in [1.165, 1.54) is 31.0 Å². The first kappa shape index (κ1) is 21.3. The zero-order valence-corrected chi connectivity index (χ0v) is 17.6. The number of nitrogens with zero attached hydrogens (tertiary/aromatic N) is 3. The van der Waals surface area contributed by atoms with Crippen molar-refractivity contribution in [2.24, 2.45) is 5.92 Å². The molecule has 1 aromatic carbocycles. The molecular formula is C21H30N4OS. The summed E-state index contributed by atoms with van der Waals surface area (Å²) < 4.78 is 2.22. The highest BCUT2D eigenvalue weighted by Crippen LogP contribution is 2.25. The maximum Gasteiger partial charge on any atom is 0.231 e. The second-order valence-corrected chi connectivity index (χ2v) is 8.34. The first-order chi connectivity index (χ1) is 12.9. The minimum atomic E-state index is -0.849. The molecule has 1 amide bonds. The summed E-state index contributed by atoms with van der Waals surface area (Å²) in [6.45, 7) is 8.76. The highest BCUT2D eigenvalue weighted by atomic mass is 32.2. The van der Waals surface area contributed by atoms with Crippen molar-refractivity contribution in [1.29, 1.82) is 5.26 Å². The number of fused-ring (bicyclic) bond motifs is 1. The normalized spacial score (nSPS) is 13.5.